The van der Waals surface area contributed by atoms with Crippen molar-refractivity contribution in [2.24, 2.45) is 5.16 Å². The highest BCUT2D eigenvalue weighted by atomic mass is 16.4. The fourth-order valence-electron chi connectivity index (χ4n) is 1.19. The van der Waals surface area contributed by atoms with Gasteiger partial charge < -0.3 is 10.1 Å². The molecule has 4 heteroatoms. The molecule has 1 N–H and O–H groups in total. The maximum atomic E-state index is 11.2. The van der Waals surface area contributed by atoms with Crippen LogP contribution in [0.2, 0.25) is 0 Å². The van der Waals surface area contributed by atoms with E-state index in [1.165, 1.54) is 0 Å². The molecule has 62 valence electrons. The largest absolute Gasteiger partial charge is 0.410 e. The summed E-state index contributed by atoms with van der Waals surface area (Å²) in [6.07, 6.45) is 0.563. The number of hydrogen-bond acceptors (Lipinski definition) is 3. The number of oxime groups is 1. The van der Waals surface area contributed by atoms with Gasteiger partial charge in [-0.05, 0) is 13.8 Å². The molecule has 0 unspecified atom stereocenters. The molecule has 11 heavy (non-hydrogen) atoms. The van der Waals surface area contributed by atoms with E-state index in [1.807, 2.05) is 13.8 Å². The van der Waals surface area contributed by atoms with E-state index in [4.69, 9.17) is 5.21 Å². The topological polar surface area (TPSA) is 52.9 Å². The van der Waals surface area contributed by atoms with Crippen LogP contribution in [0.15, 0.2) is 5.16 Å². The van der Waals surface area contributed by atoms with E-state index in [1.54, 1.807) is 4.90 Å². The van der Waals surface area contributed by atoms with Crippen molar-refractivity contribution in [2.75, 3.05) is 6.54 Å². The Morgan fingerprint density at radius 2 is 2.27 bits per heavy atom. The van der Waals surface area contributed by atoms with Crippen LogP contribution >= 0.6 is 0 Å². The van der Waals surface area contributed by atoms with E-state index in [2.05, 4.69) is 5.16 Å². The Hall–Kier alpha value is -1.06. The minimum Gasteiger partial charge on any atom is -0.410 e. The summed E-state index contributed by atoms with van der Waals surface area (Å²) in [5.74, 6) is -0.137. The zero-order valence-corrected chi connectivity index (χ0v) is 6.74. The van der Waals surface area contributed by atoms with E-state index in [0.29, 0.717) is 13.0 Å². The quantitative estimate of drug-likeness (QED) is 0.443. The maximum absolute atomic E-state index is 11.2. The van der Waals surface area contributed by atoms with Gasteiger partial charge in [-0.25, -0.2) is 0 Å². The first kappa shape index (κ1) is 8.04. The molecule has 1 amide bonds. The summed E-state index contributed by atoms with van der Waals surface area (Å²) < 4.78 is 0. The Bertz CT molecular complexity index is 199. The third kappa shape index (κ3) is 1.34. The fraction of sp³-hybridized carbons (Fsp3) is 0.714. The average Bonchev–Trinajstić information content (AvgIpc) is 2.30. The fourth-order valence-corrected chi connectivity index (χ4v) is 1.19. The van der Waals surface area contributed by atoms with Crippen molar-refractivity contribution in [1.82, 2.24) is 4.90 Å². The van der Waals surface area contributed by atoms with Crippen molar-refractivity contribution in [3.8, 4) is 0 Å². The first-order valence-corrected chi connectivity index (χ1v) is 3.68. The summed E-state index contributed by atoms with van der Waals surface area (Å²) in [5, 5.41) is 11.3. The molecule has 1 aliphatic heterocycles. The monoisotopic (exact) mass is 156 g/mol. The zero-order chi connectivity index (χ0) is 8.43. The van der Waals surface area contributed by atoms with Crippen molar-refractivity contribution in [3.05, 3.63) is 0 Å². The predicted molar refractivity (Wildman–Crippen MR) is 40.7 cm³/mol. The lowest BCUT2D eigenvalue weighted by atomic mass is 10.3. The Kier molecular flexibility index (Phi) is 2.12. The number of rotatable bonds is 1. The lowest BCUT2D eigenvalue weighted by molar-refractivity contribution is -0.124. The molecule has 1 aliphatic rings. The molecule has 4 nitrogen and oxygen atoms in total. The molecular weight excluding hydrogens is 144 g/mol. The Morgan fingerprint density at radius 1 is 1.64 bits per heavy atom. The third-order valence-corrected chi connectivity index (χ3v) is 1.84. The number of carbonyl (C=O) groups is 1. The van der Waals surface area contributed by atoms with Crippen molar-refractivity contribution < 1.29 is 10.0 Å². The van der Waals surface area contributed by atoms with E-state index >= 15 is 0 Å². The highest BCUT2D eigenvalue weighted by molar-refractivity contribution is 6.40. The Labute approximate surface area is 65.5 Å². The highest BCUT2D eigenvalue weighted by Gasteiger charge is 2.29. The molecule has 0 aromatic carbocycles. The Morgan fingerprint density at radius 3 is 2.55 bits per heavy atom. The van der Waals surface area contributed by atoms with E-state index in [0.717, 1.165) is 0 Å². The molecule has 1 fully saturated rings. The zero-order valence-electron chi connectivity index (χ0n) is 6.74. The summed E-state index contributed by atoms with van der Waals surface area (Å²) >= 11 is 0. The number of carbonyl (C=O) groups excluding carboxylic acids is 1. The molecule has 0 aromatic rings. The number of amides is 1. The molecule has 0 spiro atoms. The van der Waals surface area contributed by atoms with Gasteiger partial charge in [0.15, 0.2) is 0 Å². The summed E-state index contributed by atoms with van der Waals surface area (Å²) in [4.78, 5) is 12.9. The first-order chi connectivity index (χ1) is 5.16. The standard InChI is InChI=1S/C7H12N2O2/c1-5(2)9-4-3-6(8-11)7(9)10/h5,11H,3-4H2,1-2H3/b8-6+. The first-order valence-electron chi connectivity index (χ1n) is 3.68. The van der Waals surface area contributed by atoms with Crippen molar-refractivity contribution in [1.29, 1.82) is 0 Å². The SMILES string of the molecule is CC(C)N1CC/C(=N\O)C1=O. The van der Waals surface area contributed by atoms with Gasteiger partial charge >= 0.3 is 0 Å². The lowest BCUT2D eigenvalue weighted by Crippen LogP contribution is -2.33. The number of hydrogen-bond donors (Lipinski definition) is 1. The van der Waals surface area contributed by atoms with Crippen LogP contribution in [-0.2, 0) is 4.79 Å². The second-order valence-electron chi connectivity index (χ2n) is 2.89. The van der Waals surface area contributed by atoms with Gasteiger partial charge in [0.25, 0.3) is 5.91 Å². The summed E-state index contributed by atoms with van der Waals surface area (Å²) in [7, 11) is 0. The summed E-state index contributed by atoms with van der Waals surface area (Å²) in [5.41, 5.74) is 0.277. The second kappa shape index (κ2) is 2.90. The number of likely N-dealkylation sites (tertiary alicyclic amines) is 1. The molecule has 0 aliphatic carbocycles. The molecule has 0 radical (unpaired) electrons. The predicted octanol–water partition coefficient (Wildman–Crippen LogP) is 0.457. The van der Waals surface area contributed by atoms with E-state index in [-0.39, 0.29) is 17.7 Å². The van der Waals surface area contributed by atoms with Crippen molar-refractivity contribution >= 4 is 11.6 Å². The minimum absolute atomic E-state index is 0.137. The molecular formula is C7H12N2O2. The molecule has 1 saturated heterocycles. The van der Waals surface area contributed by atoms with Crippen LogP contribution in [0.3, 0.4) is 0 Å². The lowest BCUT2D eigenvalue weighted by Gasteiger charge is -2.18. The van der Waals surface area contributed by atoms with Gasteiger partial charge in [0.1, 0.15) is 5.71 Å². The number of nitrogens with zero attached hydrogens (tertiary/aromatic N) is 2. The van der Waals surface area contributed by atoms with Crippen LogP contribution in [-0.4, -0.2) is 34.3 Å². The van der Waals surface area contributed by atoms with Gasteiger partial charge in [-0.2, -0.15) is 0 Å². The molecule has 0 bridgehead atoms. The van der Waals surface area contributed by atoms with Gasteiger partial charge in [0, 0.05) is 19.0 Å². The van der Waals surface area contributed by atoms with E-state index in [9.17, 15) is 4.79 Å². The summed E-state index contributed by atoms with van der Waals surface area (Å²) in [6.45, 7) is 4.56. The Balaban J connectivity index is 2.71. The molecule has 1 rings (SSSR count). The maximum Gasteiger partial charge on any atom is 0.271 e. The van der Waals surface area contributed by atoms with Gasteiger partial charge in [-0.3, -0.25) is 4.79 Å². The molecule has 0 aromatic heterocycles. The smallest absolute Gasteiger partial charge is 0.271 e. The highest BCUT2D eigenvalue weighted by Crippen LogP contribution is 2.10. The average molecular weight is 156 g/mol. The van der Waals surface area contributed by atoms with Gasteiger partial charge in [-0.15, -0.1) is 0 Å². The van der Waals surface area contributed by atoms with Crippen LogP contribution in [0.25, 0.3) is 0 Å². The molecule has 0 atom stereocenters. The van der Waals surface area contributed by atoms with E-state index < -0.39 is 0 Å². The van der Waals surface area contributed by atoms with Crippen molar-refractivity contribution in [3.63, 3.8) is 0 Å². The van der Waals surface area contributed by atoms with Crippen LogP contribution < -0.4 is 0 Å². The molecule has 0 saturated carbocycles. The van der Waals surface area contributed by atoms with Gasteiger partial charge in [0.05, 0.1) is 0 Å². The minimum atomic E-state index is -0.137. The second-order valence-corrected chi connectivity index (χ2v) is 2.89. The van der Waals surface area contributed by atoms with Crippen LogP contribution in [0.4, 0.5) is 0 Å². The van der Waals surface area contributed by atoms with Crippen LogP contribution in [0, 0.1) is 0 Å². The van der Waals surface area contributed by atoms with Crippen LogP contribution in [0.5, 0.6) is 0 Å². The van der Waals surface area contributed by atoms with Crippen molar-refractivity contribution in [2.45, 2.75) is 26.3 Å². The van der Waals surface area contributed by atoms with Gasteiger partial charge in [-0.1, -0.05) is 5.16 Å². The van der Waals surface area contributed by atoms with Crippen LogP contribution in [0.1, 0.15) is 20.3 Å². The summed E-state index contributed by atoms with van der Waals surface area (Å²) in [6, 6.07) is 0.196. The van der Waals surface area contributed by atoms with Gasteiger partial charge in [0.2, 0.25) is 0 Å². The third-order valence-electron chi connectivity index (χ3n) is 1.84. The normalized spacial score (nSPS) is 22.3. The molecule has 1 heterocycles.